The highest BCUT2D eigenvalue weighted by Gasteiger charge is 2.17. The molecule has 0 spiro atoms. The van der Waals surface area contributed by atoms with E-state index in [0.717, 1.165) is 0 Å². The Hall–Kier alpha value is -2.68. The Morgan fingerprint density at radius 1 is 1.26 bits per heavy atom. The Balaban J connectivity index is 2.88. The van der Waals surface area contributed by atoms with Crippen molar-refractivity contribution in [1.29, 1.82) is 0 Å². The molecule has 0 aliphatic carbocycles. The molecule has 0 aromatic heterocycles. The first kappa shape index (κ1) is 18.4. The zero-order valence-electron chi connectivity index (χ0n) is 12.5. The molecule has 0 fully saturated rings. The minimum atomic E-state index is -0.805. The topological polar surface area (TPSA) is 129 Å². The van der Waals surface area contributed by atoms with E-state index in [1.165, 1.54) is 19.2 Å². The maximum atomic E-state index is 11.9. The number of ether oxygens (including phenoxy) is 3. The maximum Gasteiger partial charge on any atom is 0.426 e. The van der Waals surface area contributed by atoms with Crippen molar-refractivity contribution in [3.05, 3.63) is 22.7 Å². The van der Waals surface area contributed by atoms with Gasteiger partial charge in [-0.25, -0.2) is 10.2 Å². The van der Waals surface area contributed by atoms with E-state index < -0.39 is 24.5 Å². The fourth-order valence-electron chi connectivity index (χ4n) is 1.48. The van der Waals surface area contributed by atoms with Crippen molar-refractivity contribution in [2.24, 2.45) is 5.73 Å². The van der Waals surface area contributed by atoms with Gasteiger partial charge in [0.05, 0.1) is 18.7 Å². The number of benzene rings is 1. The van der Waals surface area contributed by atoms with E-state index in [0.29, 0.717) is 0 Å². The molecular weight excluding hydrogens is 330 g/mol. The molecule has 0 radical (unpaired) electrons. The summed E-state index contributed by atoms with van der Waals surface area (Å²) in [6.45, 7) is 1.39. The molecule has 23 heavy (non-hydrogen) atoms. The molecule has 0 saturated heterocycles. The largest absolute Gasteiger partial charge is 0.493 e. The predicted octanol–water partition coefficient (Wildman–Crippen LogP) is 0.604. The van der Waals surface area contributed by atoms with Crippen LogP contribution >= 0.6 is 11.6 Å². The standard InChI is InChI=1S/C13H16ClN3O6/c1-3-22-13(20)17-16-12(19)7-4-8(14)11(9(5-7)21-2)23-6-10(15)18/h4-5H,3,6H2,1-2H3,(H2,15,18)(H,16,19)(H,17,20). The third-order valence-electron chi connectivity index (χ3n) is 2.40. The Morgan fingerprint density at radius 3 is 2.52 bits per heavy atom. The molecule has 1 rings (SSSR count). The van der Waals surface area contributed by atoms with Crippen LogP contribution in [0.2, 0.25) is 5.02 Å². The van der Waals surface area contributed by atoms with Crippen molar-refractivity contribution in [3.63, 3.8) is 0 Å². The van der Waals surface area contributed by atoms with Gasteiger partial charge in [-0.15, -0.1) is 0 Å². The lowest BCUT2D eigenvalue weighted by Gasteiger charge is -2.13. The highest BCUT2D eigenvalue weighted by atomic mass is 35.5. The third kappa shape index (κ3) is 5.55. The summed E-state index contributed by atoms with van der Waals surface area (Å²) < 4.78 is 14.8. The lowest BCUT2D eigenvalue weighted by atomic mass is 10.2. The van der Waals surface area contributed by atoms with Crippen LogP contribution in [0, 0.1) is 0 Å². The number of amides is 3. The highest BCUT2D eigenvalue weighted by molar-refractivity contribution is 6.32. The Kier molecular flexibility index (Phi) is 6.94. The third-order valence-corrected chi connectivity index (χ3v) is 2.68. The molecule has 0 bridgehead atoms. The maximum absolute atomic E-state index is 11.9. The number of hydrazine groups is 1. The second-order valence-corrected chi connectivity index (χ2v) is 4.45. The Bertz CT molecular complexity index is 608. The molecule has 126 valence electrons. The van der Waals surface area contributed by atoms with E-state index in [-0.39, 0.29) is 28.7 Å². The molecule has 10 heteroatoms. The lowest BCUT2D eigenvalue weighted by molar-refractivity contribution is -0.119. The highest BCUT2D eigenvalue weighted by Crippen LogP contribution is 2.36. The van der Waals surface area contributed by atoms with Crippen molar-refractivity contribution >= 4 is 29.5 Å². The molecule has 4 N–H and O–H groups in total. The van der Waals surface area contributed by atoms with Gasteiger partial charge in [0.1, 0.15) is 0 Å². The van der Waals surface area contributed by atoms with Gasteiger partial charge in [0, 0.05) is 5.56 Å². The van der Waals surface area contributed by atoms with E-state index >= 15 is 0 Å². The second-order valence-electron chi connectivity index (χ2n) is 4.04. The molecule has 0 saturated carbocycles. The van der Waals surface area contributed by atoms with Gasteiger partial charge in [-0.3, -0.25) is 15.0 Å². The summed E-state index contributed by atoms with van der Waals surface area (Å²) >= 11 is 6.00. The smallest absolute Gasteiger partial charge is 0.426 e. The number of hydrogen-bond donors (Lipinski definition) is 3. The monoisotopic (exact) mass is 345 g/mol. The number of nitrogens with one attached hydrogen (secondary N) is 2. The lowest BCUT2D eigenvalue weighted by Crippen LogP contribution is -2.41. The summed E-state index contributed by atoms with van der Waals surface area (Å²) in [6.07, 6.45) is -0.805. The summed E-state index contributed by atoms with van der Waals surface area (Å²) in [6, 6.07) is 2.60. The van der Waals surface area contributed by atoms with Gasteiger partial charge in [-0.05, 0) is 19.1 Å². The van der Waals surface area contributed by atoms with Crippen molar-refractivity contribution in [2.45, 2.75) is 6.92 Å². The van der Waals surface area contributed by atoms with Crippen LogP contribution in [-0.4, -0.2) is 38.2 Å². The number of methoxy groups -OCH3 is 1. The van der Waals surface area contributed by atoms with Crippen LogP contribution in [0.1, 0.15) is 17.3 Å². The number of hydrogen-bond acceptors (Lipinski definition) is 6. The van der Waals surface area contributed by atoms with E-state index in [2.05, 4.69) is 15.6 Å². The van der Waals surface area contributed by atoms with Crippen LogP contribution in [0.5, 0.6) is 11.5 Å². The number of nitrogens with two attached hydrogens (primary N) is 1. The van der Waals surface area contributed by atoms with Crippen molar-refractivity contribution < 1.29 is 28.6 Å². The normalized spacial score (nSPS) is 9.70. The molecular formula is C13H16ClN3O6. The second kappa shape index (κ2) is 8.69. The number of carbonyl (C=O) groups is 3. The number of halogens is 1. The fraction of sp³-hybridized carbons (Fsp3) is 0.308. The van der Waals surface area contributed by atoms with Gasteiger partial charge >= 0.3 is 6.09 Å². The van der Waals surface area contributed by atoms with E-state index in [1.54, 1.807) is 6.92 Å². The van der Waals surface area contributed by atoms with Gasteiger partial charge < -0.3 is 19.9 Å². The zero-order chi connectivity index (χ0) is 17.4. The van der Waals surface area contributed by atoms with Crippen molar-refractivity contribution in [2.75, 3.05) is 20.3 Å². The first-order valence-corrected chi connectivity index (χ1v) is 6.78. The quantitative estimate of drug-likeness (QED) is 0.647. The Labute approximate surface area is 137 Å². The first-order chi connectivity index (χ1) is 10.9. The SMILES string of the molecule is CCOC(=O)NNC(=O)c1cc(Cl)c(OCC(N)=O)c(OC)c1. The summed E-state index contributed by atoms with van der Waals surface area (Å²) in [4.78, 5) is 33.8. The van der Waals surface area contributed by atoms with Crippen LogP contribution < -0.4 is 26.1 Å². The average molecular weight is 346 g/mol. The minimum Gasteiger partial charge on any atom is -0.493 e. The molecule has 3 amide bonds. The minimum absolute atomic E-state index is 0.0342. The molecule has 0 atom stereocenters. The van der Waals surface area contributed by atoms with E-state index in [1.807, 2.05) is 0 Å². The van der Waals surface area contributed by atoms with Crippen molar-refractivity contribution in [3.8, 4) is 11.5 Å². The van der Waals surface area contributed by atoms with Gasteiger partial charge in [-0.2, -0.15) is 0 Å². The van der Waals surface area contributed by atoms with Gasteiger partial charge in [0.15, 0.2) is 18.1 Å². The van der Waals surface area contributed by atoms with E-state index in [4.69, 9.17) is 26.8 Å². The molecule has 0 heterocycles. The van der Waals surface area contributed by atoms with Crippen LogP contribution in [0.15, 0.2) is 12.1 Å². The summed E-state index contributed by atoms with van der Waals surface area (Å²) in [5.74, 6) is -1.15. The molecule has 9 nitrogen and oxygen atoms in total. The fourth-order valence-corrected chi connectivity index (χ4v) is 1.75. The zero-order valence-corrected chi connectivity index (χ0v) is 13.2. The van der Waals surface area contributed by atoms with Crippen LogP contribution in [0.4, 0.5) is 4.79 Å². The first-order valence-electron chi connectivity index (χ1n) is 6.40. The average Bonchev–Trinajstić information content (AvgIpc) is 2.50. The number of rotatable bonds is 6. The molecule has 0 aliphatic rings. The van der Waals surface area contributed by atoms with Gasteiger partial charge in [0.25, 0.3) is 11.8 Å². The van der Waals surface area contributed by atoms with Crippen LogP contribution in [-0.2, 0) is 9.53 Å². The number of primary amides is 1. The molecule has 1 aromatic carbocycles. The molecule has 0 unspecified atom stereocenters. The molecule has 0 aliphatic heterocycles. The Morgan fingerprint density at radius 2 is 1.96 bits per heavy atom. The van der Waals surface area contributed by atoms with Gasteiger partial charge in [-0.1, -0.05) is 11.6 Å². The van der Waals surface area contributed by atoms with E-state index in [9.17, 15) is 14.4 Å². The van der Waals surface area contributed by atoms with Crippen molar-refractivity contribution in [1.82, 2.24) is 10.9 Å². The van der Waals surface area contributed by atoms with Crippen LogP contribution in [0.25, 0.3) is 0 Å². The number of carbonyl (C=O) groups excluding carboxylic acids is 3. The molecule has 1 aromatic rings. The van der Waals surface area contributed by atoms with Gasteiger partial charge in [0.2, 0.25) is 0 Å². The van der Waals surface area contributed by atoms with Crippen LogP contribution in [0.3, 0.4) is 0 Å². The summed E-state index contributed by atoms with van der Waals surface area (Å²) in [7, 11) is 1.33. The summed E-state index contributed by atoms with van der Waals surface area (Å²) in [5.41, 5.74) is 9.28. The predicted molar refractivity (Wildman–Crippen MR) is 80.3 cm³/mol. The summed E-state index contributed by atoms with van der Waals surface area (Å²) in [5, 5.41) is 0.0342.